The van der Waals surface area contributed by atoms with E-state index in [9.17, 15) is 4.79 Å². The number of nitrogens with one attached hydrogen (secondary N) is 1. The number of aliphatic carboxylic acids is 1. The molecule has 3 N–H and O–H groups in total. The van der Waals surface area contributed by atoms with Crippen LogP contribution in [0.15, 0.2) is 24.3 Å². The highest BCUT2D eigenvalue weighted by atomic mass is 16.4. The van der Waals surface area contributed by atoms with Crippen molar-refractivity contribution in [3.05, 3.63) is 29.8 Å². The van der Waals surface area contributed by atoms with Crippen LogP contribution in [0.1, 0.15) is 5.56 Å². The van der Waals surface area contributed by atoms with E-state index in [-0.39, 0.29) is 5.75 Å². The Bertz CT molecular complexity index is 341. The molecule has 1 radical (unpaired) electrons. The summed E-state index contributed by atoms with van der Waals surface area (Å²) in [5.41, 5.74) is 0.821. The van der Waals surface area contributed by atoms with Gasteiger partial charge in [0.05, 0.1) is 0 Å². The molecule has 1 unspecified atom stereocenters. The van der Waals surface area contributed by atoms with Gasteiger partial charge in [-0.15, -0.1) is 0 Å². The summed E-state index contributed by atoms with van der Waals surface area (Å²) in [6, 6.07) is 5.66. The molecule has 0 saturated carbocycles. The van der Waals surface area contributed by atoms with Crippen LogP contribution in [0.2, 0.25) is 0 Å². The minimum Gasteiger partial charge on any atom is -0.508 e. The third kappa shape index (κ3) is 3.92. The van der Waals surface area contributed by atoms with Crippen molar-refractivity contribution >= 4 is 13.6 Å². The minimum absolute atomic E-state index is 0.159. The van der Waals surface area contributed by atoms with Gasteiger partial charge in [0, 0.05) is 7.11 Å². The first-order chi connectivity index (χ1) is 7.63. The number of carboxylic acid groups (broad SMARTS) is 1. The zero-order valence-electron chi connectivity index (χ0n) is 8.88. The number of carboxylic acids is 1. The van der Waals surface area contributed by atoms with Crippen molar-refractivity contribution in [3.8, 4) is 5.75 Å². The zero-order valence-corrected chi connectivity index (χ0v) is 8.88. The molecule has 0 aliphatic carbocycles. The summed E-state index contributed by atoms with van der Waals surface area (Å²) in [7, 11) is 2.67. The third-order valence-corrected chi connectivity index (χ3v) is 2.06. The predicted octanol–water partition coefficient (Wildman–Crippen LogP) is 0.158. The molecule has 1 rings (SSSR count). The van der Waals surface area contributed by atoms with Crippen LogP contribution in [0.3, 0.4) is 0 Å². The van der Waals surface area contributed by atoms with E-state index in [1.807, 2.05) is 0 Å². The van der Waals surface area contributed by atoms with Gasteiger partial charge in [-0.25, -0.2) is 0 Å². The third-order valence-electron chi connectivity index (χ3n) is 2.06. The Kier molecular flexibility index (Phi) is 4.82. The van der Waals surface area contributed by atoms with Gasteiger partial charge in [0.2, 0.25) is 0 Å². The molecule has 85 valence electrons. The van der Waals surface area contributed by atoms with E-state index in [1.165, 1.54) is 26.9 Å². The lowest BCUT2D eigenvalue weighted by atomic mass is 10.0. The molecule has 16 heavy (non-hydrogen) atoms. The lowest BCUT2D eigenvalue weighted by molar-refractivity contribution is -0.139. The first kappa shape index (κ1) is 12.5. The molecular weight excluding hydrogens is 209 g/mol. The predicted molar refractivity (Wildman–Crippen MR) is 59.1 cm³/mol. The molecule has 1 aromatic rings. The standard InChI is InChI=1S/C10H13BNO4/c1-16-11-12-9(10(14)15)6-7-2-4-8(13)5-3-7/h2-5,9,12-13H,6H2,1H3,(H,14,15). The van der Waals surface area contributed by atoms with E-state index in [0.29, 0.717) is 6.42 Å². The highest BCUT2D eigenvalue weighted by Crippen LogP contribution is 2.11. The lowest BCUT2D eigenvalue weighted by Gasteiger charge is -2.12. The summed E-state index contributed by atoms with van der Waals surface area (Å²) in [4.78, 5) is 10.9. The number of hydrogen-bond acceptors (Lipinski definition) is 4. The maximum atomic E-state index is 10.9. The molecule has 0 heterocycles. The average molecular weight is 222 g/mol. The largest absolute Gasteiger partial charge is 0.508 e. The summed E-state index contributed by atoms with van der Waals surface area (Å²) >= 11 is 0. The molecule has 0 amide bonds. The molecule has 0 fully saturated rings. The SMILES string of the molecule is CO[B]NC(Cc1ccc(O)cc1)C(=O)O. The van der Waals surface area contributed by atoms with Gasteiger partial charge < -0.3 is 20.1 Å². The summed E-state index contributed by atoms with van der Waals surface area (Å²) in [5, 5.41) is 20.6. The second-order valence-electron chi connectivity index (χ2n) is 3.28. The van der Waals surface area contributed by atoms with Crippen LogP contribution in [-0.2, 0) is 15.9 Å². The molecule has 6 heteroatoms. The number of phenolic OH excluding ortho intramolecular Hbond substituents is 1. The van der Waals surface area contributed by atoms with Gasteiger partial charge in [0.25, 0.3) is 0 Å². The molecule has 0 aromatic heterocycles. The number of benzene rings is 1. The first-order valence-electron chi connectivity index (χ1n) is 4.74. The maximum absolute atomic E-state index is 10.9. The minimum atomic E-state index is -0.957. The number of phenols is 1. The van der Waals surface area contributed by atoms with Gasteiger partial charge >= 0.3 is 13.6 Å². The fraction of sp³-hybridized carbons (Fsp3) is 0.300. The fourth-order valence-corrected chi connectivity index (χ4v) is 1.24. The van der Waals surface area contributed by atoms with E-state index < -0.39 is 12.0 Å². The normalized spacial score (nSPS) is 12.1. The van der Waals surface area contributed by atoms with E-state index in [1.54, 1.807) is 12.1 Å². The van der Waals surface area contributed by atoms with E-state index in [4.69, 9.17) is 10.2 Å². The number of hydrogen-bond donors (Lipinski definition) is 3. The number of carbonyl (C=O) groups is 1. The molecule has 0 spiro atoms. The zero-order chi connectivity index (χ0) is 12.0. The Morgan fingerprint density at radius 2 is 2.12 bits per heavy atom. The molecule has 5 nitrogen and oxygen atoms in total. The quantitative estimate of drug-likeness (QED) is 0.597. The van der Waals surface area contributed by atoms with Gasteiger partial charge in [-0.3, -0.25) is 4.79 Å². The molecule has 0 aliphatic heterocycles. The van der Waals surface area contributed by atoms with Crippen molar-refractivity contribution in [2.75, 3.05) is 7.11 Å². The monoisotopic (exact) mass is 222 g/mol. The summed E-state index contributed by atoms with van der Waals surface area (Å²) in [6.07, 6.45) is 0.315. The van der Waals surface area contributed by atoms with Crippen molar-refractivity contribution in [3.63, 3.8) is 0 Å². The first-order valence-corrected chi connectivity index (χ1v) is 4.74. The van der Waals surface area contributed by atoms with E-state index in [2.05, 4.69) is 9.88 Å². The second-order valence-corrected chi connectivity index (χ2v) is 3.28. The average Bonchev–Trinajstić information content (AvgIpc) is 2.26. The molecule has 0 saturated heterocycles. The van der Waals surface area contributed by atoms with Crippen LogP contribution in [0.25, 0.3) is 0 Å². The van der Waals surface area contributed by atoms with Crippen LogP contribution in [0, 0.1) is 0 Å². The van der Waals surface area contributed by atoms with Crippen LogP contribution in [-0.4, -0.2) is 37.0 Å². The number of aromatic hydroxyl groups is 1. The Labute approximate surface area is 94.3 Å². The Balaban J connectivity index is 2.60. The number of rotatable bonds is 6. The van der Waals surface area contributed by atoms with Crippen molar-refractivity contribution in [1.29, 1.82) is 0 Å². The van der Waals surface area contributed by atoms with Crippen molar-refractivity contribution in [2.24, 2.45) is 0 Å². The van der Waals surface area contributed by atoms with Gasteiger partial charge in [-0.05, 0) is 24.1 Å². The van der Waals surface area contributed by atoms with Crippen molar-refractivity contribution in [1.82, 2.24) is 5.23 Å². The fourth-order valence-electron chi connectivity index (χ4n) is 1.24. The van der Waals surface area contributed by atoms with Crippen LogP contribution < -0.4 is 5.23 Å². The van der Waals surface area contributed by atoms with Crippen LogP contribution >= 0.6 is 0 Å². The molecule has 0 aliphatic rings. The van der Waals surface area contributed by atoms with Gasteiger partial charge in [-0.2, -0.15) is 0 Å². The van der Waals surface area contributed by atoms with Gasteiger partial charge in [0.15, 0.2) is 0 Å². The smallest absolute Gasteiger partial charge is 0.396 e. The molecule has 1 atom stereocenters. The Hall–Kier alpha value is -1.53. The van der Waals surface area contributed by atoms with E-state index >= 15 is 0 Å². The lowest BCUT2D eigenvalue weighted by Crippen LogP contribution is -2.41. The Morgan fingerprint density at radius 1 is 1.50 bits per heavy atom. The van der Waals surface area contributed by atoms with Gasteiger partial charge in [0.1, 0.15) is 11.8 Å². The highest BCUT2D eigenvalue weighted by molar-refractivity contribution is 6.24. The van der Waals surface area contributed by atoms with Gasteiger partial charge in [-0.1, -0.05) is 12.1 Å². The summed E-state index contributed by atoms with van der Waals surface area (Å²) in [5.74, 6) is -0.798. The van der Waals surface area contributed by atoms with Crippen LogP contribution in [0.4, 0.5) is 0 Å². The molecule has 0 bridgehead atoms. The Morgan fingerprint density at radius 3 is 2.62 bits per heavy atom. The van der Waals surface area contributed by atoms with Crippen LogP contribution in [0.5, 0.6) is 5.75 Å². The molecular formula is C10H13BNO4. The van der Waals surface area contributed by atoms with Crippen molar-refractivity contribution < 1.29 is 19.7 Å². The van der Waals surface area contributed by atoms with Crippen molar-refractivity contribution in [2.45, 2.75) is 12.5 Å². The highest BCUT2D eigenvalue weighted by Gasteiger charge is 2.17. The van der Waals surface area contributed by atoms with E-state index in [0.717, 1.165) is 5.56 Å². The summed E-state index contributed by atoms with van der Waals surface area (Å²) in [6.45, 7) is 0. The topological polar surface area (TPSA) is 78.8 Å². The second kappa shape index (κ2) is 6.14. The maximum Gasteiger partial charge on any atom is 0.396 e. The molecule has 1 aromatic carbocycles. The summed E-state index contributed by atoms with van der Waals surface area (Å²) < 4.78 is 4.64.